The van der Waals surface area contributed by atoms with Gasteiger partial charge in [0.05, 0.1) is 21.3 Å². The van der Waals surface area contributed by atoms with Gasteiger partial charge in [-0.05, 0) is 49.2 Å². The van der Waals surface area contributed by atoms with Crippen molar-refractivity contribution < 1.29 is 19.2 Å². The van der Waals surface area contributed by atoms with E-state index in [0.29, 0.717) is 18.0 Å². The Kier molecular flexibility index (Phi) is 7.04. The van der Waals surface area contributed by atoms with Gasteiger partial charge in [-0.15, -0.1) is 0 Å². The Bertz CT molecular complexity index is 729. The third kappa shape index (κ3) is 4.99. The van der Waals surface area contributed by atoms with Crippen molar-refractivity contribution >= 4 is 11.6 Å². The first kappa shape index (κ1) is 19.8. The predicted molar refractivity (Wildman–Crippen MR) is 104 cm³/mol. The minimum atomic E-state index is -0.186. The van der Waals surface area contributed by atoms with Gasteiger partial charge >= 0.3 is 0 Å². The quantitative estimate of drug-likeness (QED) is 0.762. The number of nitrogens with one attached hydrogen (secondary N) is 2. The van der Waals surface area contributed by atoms with E-state index in [9.17, 15) is 4.79 Å². The Morgan fingerprint density at radius 2 is 1.65 bits per heavy atom. The summed E-state index contributed by atoms with van der Waals surface area (Å²) >= 11 is 0. The molecule has 5 nitrogen and oxygen atoms in total. The van der Waals surface area contributed by atoms with Crippen LogP contribution in [0.3, 0.4) is 0 Å². The Morgan fingerprint density at radius 1 is 1.04 bits per heavy atom. The number of quaternary nitrogens is 1. The maximum Gasteiger partial charge on any atom is 0.282 e. The summed E-state index contributed by atoms with van der Waals surface area (Å²) in [6.07, 6.45) is 0.989. The van der Waals surface area contributed by atoms with Crippen molar-refractivity contribution in [1.29, 1.82) is 0 Å². The van der Waals surface area contributed by atoms with E-state index in [1.54, 1.807) is 14.2 Å². The number of carbonyl (C=O) groups excluding carboxylic acids is 1. The third-order valence-corrected chi connectivity index (χ3v) is 4.69. The number of methoxy groups -OCH3 is 2. The van der Waals surface area contributed by atoms with Gasteiger partial charge in [-0.2, -0.15) is 0 Å². The summed E-state index contributed by atoms with van der Waals surface area (Å²) in [4.78, 5) is 13.6. The van der Waals surface area contributed by atoms with Crippen LogP contribution in [-0.4, -0.2) is 33.2 Å². The van der Waals surface area contributed by atoms with Crippen LogP contribution in [0.25, 0.3) is 0 Å². The summed E-state index contributed by atoms with van der Waals surface area (Å²) in [6.45, 7) is 4.76. The van der Waals surface area contributed by atoms with E-state index in [0.717, 1.165) is 22.6 Å². The van der Waals surface area contributed by atoms with Crippen LogP contribution in [0.4, 0.5) is 5.69 Å². The molecule has 1 unspecified atom stereocenters. The topological polar surface area (TPSA) is 52.0 Å². The van der Waals surface area contributed by atoms with Gasteiger partial charge in [0.2, 0.25) is 0 Å². The second kappa shape index (κ2) is 9.25. The molecule has 0 aliphatic carbocycles. The second-order valence-electron chi connectivity index (χ2n) is 6.47. The lowest BCUT2D eigenvalue weighted by atomic mass is 10.1. The minimum absolute atomic E-state index is 0.00669. The number of aryl methyl sites for hydroxylation is 1. The van der Waals surface area contributed by atoms with Gasteiger partial charge in [-0.3, -0.25) is 4.79 Å². The number of hydrogen-bond donors (Lipinski definition) is 2. The zero-order valence-electron chi connectivity index (χ0n) is 16.3. The highest BCUT2D eigenvalue weighted by Gasteiger charge is 2.22. The summed E-state index contributed by atoms with van der Waals surface area (Å²) in [5.74, 6) is 1.41. The fraction of sp³-hybridized carbons (Fsp3) is 0.381. The van der Waals surface area contributed by atoms with Crippen LogP contribution < -0.4 is 19.7 Å². The van der Waals surface area contributed by atoms with E-state index in [1.807, 2.05) is 56.4 Å². The summed E-state index contributed by atoms with van der Waals surface area (Å²) in [7, 11) is 5.26. The smallest absolute Gasteiger partial charge is 0.282 e. The second-order valence-corrected chi connectivity index (χ2v) is 6.47. The molecule has 2 aromatic carbocycles. The fourth-order valence-corrected chi connectivity index (χ4v) is 2.76. The average Bonchev–Trinajstić information content (AvgIpc) is 2.67. The molecule has 0 aromatic heterocycles. The van der Waals surface area contributed by atoms with Crippen LogP contribution in [0.5, 0.6) is 11.5 Å². The lowest BCUT2D eigenvalue weighted by Crippen LogP contribution is -3.12. The zero-order valence-corrected chi connectivity index (χ0v) is 16.3. The average molecular weight is 357 g/mol. The van der Waals surface area contributed by atoms with Crippen molar-refractivity contribution in [3.05, 3.63) is 53.6 Å². The molecule has 0 spiro atoms. The number of carbonyl (C=O) groups is 1. The van der Waals surface area contributed by atoms with Crippen molar-refractivity contribution in [3.63, 3.8) is 0 Å². The highest BCUT2D eigenvalue weighted by atomic mass is 16.5. The summed E-state index contributed by atoms with van der Waals surface area (Å²) in [5, 5.41) is 3.00. The Hall–Kier alpha value is -2.53. The number of likely N-dealkylation sites (N-methyl/N-ethyl adjacent to an activating group) is 1. The van der Waals surface area contributed by atoms with E-state index < -0.39 is 0 Å². The van der Waals surface area contributed by atoms with Gasteiger partial charge < -0.3 is 19.7 Å². The van der Waals surface area contributed by atoms with Gasteiger partial charge in [-0.1, -0.05) is 19.1 Å². The van der Waals surface area contributed by atoms with Gasteiger partial charge in [0.15, 0.2) is 17.5 Å². The first-order valence-electron chi connectivity index (χ1n) is 8.91. The van der Waals surface area contributed by atoms with Crippen LogP contribution in [0.15, 0.2) is 42.5 Å². The molecule has 0 aliphatic rings. The van der Waals surface area contributed by atoms with Crippen molar-refractivity contribution in [3.8, 4) is 11.5 Å². The fourth-order valence-electron chi connectivity index (χ4n) is 2.76. The molecule has 0 aliphatic heterocycles. The monoisotopic (exact) mass is 357 g/mol. The van der Waals surface area contributed by atoms with Gasteiger partial charge in [-0.25, -0.2) is 0 Å². The zero-order chi connectivity index (χ0) is 19.1. The molecule has 26 heavy (non-hydrogen) atoms. The van der Waals surface area contributed by atoms with E-state index in [2.05, 4.69) is 12.2 Å². The van der Waals surface area contributed by atoms with E-state index >= 15 is 0 Å². The molecular formula is C21H29N2O3+. The standard InChI is InChI=1S/C21H28N2O3/c1-6-16-7-10-18(11-8-16)22-21(24)15(2)23(3)14-17-9-12-19(25-4)20(13-17)26-5/h7-13,15H,6,14H2,1-5H3,(H,22,24)/p+1/t15-/m0/s1. The largest absolute Gasteiger partial charge is 0.493 e. The minimum Gasteiger partial charge on any atom is -0.493 e. The first-order valence-corrected chi connectivity index (χ1v) is 8.91. The molecule has 0 radical (unpaired) electrons. The lowest BCUT2D eigenvalue weighted by molar-refractivity contribution is -0.907. The van der Waals surface area contributed by atoms with E-state index in [4.69, 9.17) is 9.47 Å². The SMILES string of the molecule is CCc1ccc(NC(=O)[C@H](C)[NH+](C)Cc2ccc(OC)c(OC)c2)cc1. The number of rotatable bonds is 8. The van der Waals surface area contributed by atoms with Crippen molar-refractivity contribution in [2.75, 3.05) is 26.6 Å². The maximum absolute atomic E-state index is 12.5. The number of benzene rings is 2. The molecule has 0 saturated carbocycles. The third-order valence-electron chi connectivity index (χ3n) is 4.69. The van der Waals surface area contributed by atoms with Crippen LogP contribution in [-0.2, 0) is 17.8 Å². The number of ether oxygens (including phenoxy) is 2. The van der Waals surface area contributed by atoms with Crippen LogP contribution in [0.1, 0.15) is 25.0 Å². The molecule has 2 N–H and O–H groups in total. The number of amides is 1. The van der Waals surface area contributed by atoms with E-state index in [-0.39, 0.29) is 11.9 Å². The normalized spacial score (nSPS) is 13.0. The van der Waals surface area contributed by atoms with Crippen LogP contribution >= 0.6 is 0 Å². The summed E-state index contributed by atoms with van der Waals surface area (Å²) in [5.41, 5.74) is 3.18. The van der Waals surface area contributed by atoms with Crippen molar-refractivity contribution in [1.82, 2.24) is 0 Å². The molecule has 2 rings (SSSR count). The van der Waals surface area contributed by atoms with Crippen LogP contribution in [0.2, 0.25) is 0 Å². The first-order chi connectivity index (χ1) is 12.5. The van der Waals surface area contributed by atoms with Gasteiger partial charge in [0.25, 0.3) is 5.91 Å². The molecule has 5 heteroatoms. The summed E-state index contributed by atoms with van der Waals surface area (Å²) < 4.78 is 10.6. The molecule has 140 valence electrons. The van der Waals surface area contributed by atoms with Gasteiger partial charge in [0.1, 0.15) is 6.54 Å². The highest BCUT2D eigenvalue weighted by Crippen LogP contribution is 2.27. The number of anilines is 1. The van der Waals surface area contributed by atoms with Crippen molar-refractivity contribution in [2.24, 2.45) is 0 Å². The predicted octanol–water partition coefficient (Wildman–Crippen LogP) is 2.31. The van der Waals surface area contributed by atoms with Crippen LogP contribution in [0, 0.1) is 0 Å². The Morgan fingerprint density at radius 3 is 2.23 bits per heavy atom. The van der Waals surface area contributed by atoms with E-state index in [1.165, 1.54) is 5.56 Å². The number of hydrogen-bond acceptors (Lipinski definition) is 3. The highest BCUT2D eigenvalue weighted by molar-refractivity contribution is 5.93. The van der Waals surface area contributed by atoms with Crippen molar-refractivity contribution in [2.45, 2.75) is 32.9 Å². The molecule has 0 saturated heterocycles. The molecule has 0 fully saturated rings. The molecule has 0 heterocycles. The molecule has 2 atom stereocenters. The Labute approximate surface area is 155 Å². The molecular weight excluding hydrogens is 328 g/mol. The maximum atomic E-state index is 12.5. The summed E-state index contributed by atoms with van der Waals surface area (Å²) in [6, 6.07) is 13.6. The molecule has 0 bridgehead atoms. The van der Waals surface area contributed by atoms with Gasteiger partial charge in [0, 0.05) is 11.3 Å². The lowest BCUT2D eigenvalue weighted by Gasteiger charge is -2.21. The molecule has 1 amide bonds. The molecule has 2 aromatic rings. The Balaban J connectivity index is 1.99.